The van der Waals surface area contributed by atoms with Gasteiger partial charge in [-0.2, -0.15) is 0 Å². The minimum atomic E-state index is -0.276. The molecule has 3 rings (SSSR count). The summed E-state index contributed by atoms with van der Waals surface area (Å²) in [5.74, 6) is 0.776. The summed E-state index contributed by atoms with van der Waals surface area (Å²) in [7, 11) is 1.62. The lowest BCUT2D eigenvalue weighted by Crippen LogP contribution is -2.53. The fourth-order valence-electron chi connectivity index (χ4n) is 3.27. The van der Waals surface area contributed by atoms with E-state index in [0.29, 0.717) is 38.5 Å². The van der Waals surface area contributed by atoms with Crippen LogP contribution in [-0.2, 0) is 4.74 Å². The highest BCUT2D eigenvalue weighted by Gasteiger charge is 2.25. The number of benzene rings is 1. The summed E-state index contributed by atoms with van der Waals surface area (Å²) in [5, 5.41) is 3.30. The van der Waals surface area contributed by atoms with E-state index in [1.165, 1.54) is 18.4 Å². The Morgan fingerprint density at radius 1 is 1.20 bits per heavy atom. The number of piperazine rings is 1. The van der Waals surface area contributed by atoms with Crippen molar-refractivity contribution in [2.24, 2.45) is 4.99 Å². The molecule has 1 unspecified atom stereocenters. The fraction of sp³-hybridized carbons (Fsp3) is 0.429. The van der Waals surface area contributed by atoms with Crippen LogP contribution in [0.4, 0.5) is 4.39 Å². The third-order valence-corrected chi connectivity index (χ3v) is 4.87. The highest BCUT2D eigenvalue weighted by molar-refractivity contribution is 14.0. The summed E-state index contributed by atoms with van der Waals surface area (Å²) in [6.45, 7) is 5.69. The molecule has 30 heavy (non-hydrogen) atoms. The summed E-state index contributed by atoms with van der Waals surface area (Å²) < 4.78 is 23.9. The lowest BCUT2D eigenvalue weighted by molar-refractivity contribution is 0.0657. The normalized spacial score (nSPS) is 15.5. The zero-order valence-corrected chi connectivity index (χ0v) is 19.5. The number of nitrogens with zero attached hydrogens (tertiary/aromatic N) is 3. The Bertz CT molecular complexity index is 806. The Morgan fingerprint density at radius 3 is 2.43 bits per heavy atom. The van der Waals surface area contributed by atoms with Crippen LogP contribution in [0.15, 0.2) is 52.1 Å². The van der Waals surface area contributed by atoms with E-state index in [9.17, 15) is 9.18 Å². The number of amides is 1. The van der Waals surface area contributed by atoms with Gasteiger partial charge in [0.05, 0.1) is 12.8 Å². The number of hydrogen-bond acceptors (Lipinski definition) is 4. The number of ether oxygens (including phenoxy) is 1. The summed E-state index contributed by atoms with van der Waals surface area (Å²) in [6.07, 6.45) is 1.25. The van der Waals surface area contributed by atoms with Crippen LogP contribution in [-0.4, -0.2) is 68.0 Å². The minimum absolute atomic E-state index is 0. The Hall–Kier alpha value is -2.14. The standard InChI is InChI=1S/C21H27FN4O3.HI/c1-3-23-21(24-15-19(28-2)16-6-8-17(22)9-7-16)26-12-10-25(11-13-26)20(27)18-5-4-14-29-18;/h4-9,14,19H,3,10-13,15H2,1-2H3,(H,23,24);1H. The molecule has 1 amide bonds. The molecule has 1 fully saturated rings. The van der Waals surface area contributed by atoms with Crippen molar-refractivity contribution in [1.29, 1.82) is 0 Å². The molecule has 0 aliphatic carbocycles. The topological polar surface area (TPSA) is 70.3 Å². The van der Waals surface area contributed by atoms with E-state index in [4.69, 9.17) is 14.1 Å². The van der Waals surface area contributed by atoms with E-state index >= 15 is 0 Å². The maximum Gasteiger partial charge on any atom is 0.289 e. The quantitative estimate of drug-likeness (QED) is 0.353. The third kappa shape index (κ3) is 6.18. The van der Waals surface area contributed by atoms with Gasteiger partial charge < -0.3 is 24.3 Å². The lowest BCUT2D eigenvalue weighted by atomic mass is 10.1. The van der Waals surface area contributed by atoms with Gasteiger partial charge in [-0.15, -0.1) is 24.0 Å². The van der Waals surface area contributed by atoms with Crippen LogP contribution < -0.4 is 5.32 Å². The van der Waals surface area contributed by atoms with Crippen LogP contribution in [0.5, 0.6) is 0 Å². The maximum atomic E-state index is 13.2. The Morgan fingerprint density at radius 2 is 1.87 bits per heavy atom. The van der Waals surface area contributed by atoms with E-state index in [2.05, 4.69) is 10.2 Å². The predicted molar refractivity (Wildman–Crippen MR) is 124 cm³/mol. The molecule has 2 heterocycles. The predicted octanol–water partition coefficient (Wildman–Crippen LogP) is 3.15. The Balaban J connectivity index is 0.00000320. The average molecular weight is 530 g/mol. The second kappa shape index (κ2) is 11.9. The van der Waals surface area contributed by atoms with E-state index in [1.54, 1.807) is 36.3 Å². The number of furan rings is 1. The molecule has 7 nitrogen and oxygen atoms in total. The maximum absolute atomic E-state index is 13.2. The van der Waals surface area contributed by atoms with Crippen molar-refractivity contribution in [3.05, 3.63) is 59.8 Å². The number of rotatable bonds is 6. The number of carbonyl (C=O) groups excluding carboxylic acids is 1. The molecule has 2 aromatic rings. The second-order valence-corrected chi connectivity index (χ2v) is 6.73. The molecule has 1 aliphatic heterocycles. The van der Waals surface area contributed by atoms with Gasteiger partial charge >= 0.3 is 0 Å². The van der Waals surface area contributed by atoms with Gasteiger partial charge in [-0.25, -0.2) is 4.39 Å². The zero-order valence-electron chi connectivity index (χ0n) is 17.2. The summed E-state index contributed by atoms with van der Waals surface area (Å²) in [6, 6.07) is 9.67. The van der Waals surface area contributed by atoms with Crippen molar-refractivity contribution in [3.63, 3.8) is 0 Å². The number of aliphatic imine (C=N–C) groups is 1. The molecule has 1 saturated heterocycles. The second-order valence-electron chi connectivity index (χ2n) is 6.73. The van der Waals surface area contributed by atoms with Gasteiger partial charge in [-0.3, -0.25) is 9.79 Å². The average Bonchev–Trinajstić information content (AvgIpc) is 3.29. The van der Waals surface area contributed by atoms with Crippen molar-refractivity contribution < 1.29 is 18.3 Å². The van der Waals surface area contributed by atoms with Crippen LogP contribution in [0.1, 0.15) is 29.1 Å². The van der Waals surface area contributed by atoms with Crippen molar-refractivity contribution in [2.45, 2.75) is 13.0 Å². The first-order chi connectivity index (χ1) is 14.1. The van der Waals surface area contributed by atoms with Gasteiger partial charge in [-0.1, -0.05) is 12.1 Å². The number of hydrogen-bond donors (Lipinski definition) is 1. The first-order valence-electron chi connectivity index (χ1n) is 9.76. The van der Waals surface area contributed by atoms with Gasteiger partial charge in [0, 0.05) is 39.8 Å². The molecule has 1 aliphatic rings. The van der Waals surface area contributed by atoms with Crippen molar-refractivity contribution in [1.82, 2.24) is 15.1 Å². The first kappa shape index (κ1) is 24.1. The Kier molecular flexibility index (Phi) is 9.57. The lowest BCUT2D eigenvalue weighted by Gasteiger charge is -2.36. The Labute approximate surface area is 193 Å². The van der Waals surface area contributed by atoms with Crippen molar-refractivity contribution in [3.8, 4) is 0 Å². The van der Waals surface area contributed by atoms with Gasteiger partial charge in [0.25, 0.3) is 5.91 Å². The van der Waals surface area contributed by atoms with Crippen LogP contribution in [0.25, 0.3) is 0 Å². The van der Waals surface area contributed by atoms with E-state index in [0.717, 1.165) is 18.1 Å². The molecule has 1 aromatic heterocycles. The summed E-state index contributed by atoms with van der Waals surface area (Å²) in [5.41, 5.74) is 0.877. The van der Waals surface area contributed by atoms with Crippen molar-refractivity contribution in [2.75, 3.05) is 46.4 Å². The number of carbonyl (C=O) groups is 1. The zero-order chi connectivity index (χ0) is 20.6. The van der Waals surface area contributed by atoms with Gasteiger partial charge in [0.1, 0.15) is 11.9 Å². The summed E-state index contributed by atoms with van der Waals surface area (Å²) in [4.78, 5) is 21.1. The first-order valence-corrected chi connectivity index (χ1v) is 9.76. The number of halogens is 2. The molecule has 0 radical (unpaired) electrons. The molecular weight excluding hydrogens is 502 g/mol. The van der Waals surface area contributed by atoms with Crippen LogP contribution in [0.2, 0.25) is 0 Å². The SMILES string of the molecule is CCNC(=NCC(OC)c1ccc(F)cc1)N1CCN(C(=O)c2ccco2)CC1.I. The van der Waals surface area contributed by atoms with Crippen LogP contribution >= 0.6 is 24.0 Å². The van der Waals surface area contributed by atoms with Gasteiger partial charge in [0.2, 0.25) is 0 Å². The smallest absolute Gasteiger partial charge is 0.289 e. The number of guanidine groups is 1. The molecule has 164 valence electrons. The highest BCUT2D eigenvalue weighted by Crippen LogP contribution is 2.18. The minimum Gasteiger partial charge on any atom is -0.459 e. The summed E-state index contributed by atoms with van der Waals surface area (Å²) >= 11 is 0. The third-order valence-electron chi connectivity index (χ3n) is 4.87. The van der Waals surface area contributed by atoms with E-state index in [1.807, 2.05) is 6.92 Å². The van der Waals surface area contributed by atoms with Gasteiger partial charge in [0.15, 0.2) is 11.7 Å². The number of methoxy groups -OCH3 is 1. The molecular formula is C21H28FIN4O3. The molecule has 0 saturated carbocycles. The largest absolute Gasteiger partial charge is 0.459 e. The fourth-order valence-corrected chi connectivity index (χ4v) is 3.27. The molecule has 1 atom stereocenters. The van der Waals surface area contributed by atoms with E-state index < -0.39 is 0 Å². The molecule has 9 heteroatoms. The van der Waals surface area contributed by atoms with E-state index in [-0.39, 0.29) is 41.8 Å². The highest BCUT2D eigenvalue weighted by atomic mass is 127. The number of nitrogens with one attached hydrogen (secondary N) is 1. The molecule has 0 spiro atoms. The van der Waals surface area contributed by atoms with Gasteiger partial charge in [-0.05, 0) is 36.8 Å². The molecule has 1 aromatic carbocycles. The van der Waals surface area contributed by atoms with Crippen LogP contribution in [0.3, 0.4) is 0 Å². The molecule has 0 bridgehead atoms. The monoisotopic (exact) mass is 530 g/mol. The molecule has 1 N–H and O–H groups in total. The van der Waals surface area contributed by atoms with Crippen LogP contribution in [0, 0.1) is 5.82 Å². The van der Waals surface area contributed by atoms with Crippen molar-refractivity contribution >= 4 is 35.8 Å².